The van der Waals surface area contributed by atoms with Crippen LogP contribution in [-0.4, -0.2) is 23.1 Å². The Labute approximate surface area is 102 Å². The molecule has 0 radical (unpaired) electrons. The summed E-state index contributed by atoms with van der Waals surface area (Å²) in [6.45, 7) is 0. The third kappa shape index (κ3) is 6.34. The molecule has 0 nitrogen and oxygen atoms in total. The minimum atomic E-state index is -4.24. The van der Waals surface area contributed by atoms with E-state index in [-0.39, 0.29) is 47.5 Å². The van der Waals surface area contributed by atoms with Gasteiger partial charge in [-0.15, -0.1) is 17.0 Å². The van der Waals surface area contributed by atoms with Crippen molar-refractivity contribution in [1.29, 1.82) is 0 Å². The van der Waals surface area contributed by atoms with E-state index in [9.17, 15) is 13.2 Å². The van der Waals surface area contributed by atoms with E-state index in [2.05, 4.69) is 6.07 Å². The largest absolute Gasteiger partial charge is 2.00 e. The molecule has 0 N–H and O–H groups in total. The summed E-state index contributed by atoms with van der Waals surface area (Å²) in [6, 6.07) is 7.01. The van der Waals surface area contributed by atoms with Crippen LogP contribution in [0.1, 0.15) is 5.56 Å². The molecule has 0 aliphatic heterocycles. The van der Waals surface area contributed by atoms with Crippen LogP contribution in [0.3, 0.4) is 0 Å². The fraction of sp³-hybridized carbons (Fsp3) is 0.125. The minimum absolute atomic E-state index is 0. The molecule has 0 atom stereocenters. The van der Waals surface area contributed by atoms with Crippen LogP contribution >= 0.6 is 17.0 Å². The average molecular weight is 265 g/mol. The number of halogens is 4. The van der Waals surface area contributed by atoms with Crippen molar-refractivity contribution >= 4 is 40.0 Å². The van der Waals surface area contributed by atoms with Crippen LogP contribution in [-0.2, 0) is 6.18 Å². The van der Waals surface area contributed by atoms with E-state index >= 15 is 0 Å². The first kappa shape index (κ1) is 18.9. The van der Waals surface area contributed by atoms with Crippen molar-refractivity contribution in [2.24, 2.45) is 0 Å². The van der Waals surface area contributed by atoms with E-state index in [1.165, 1.54) is 12.1 Å². The molecule has 0 unspecified atom stereocenters. The van der Waals surface area contributed by atoms with Crippen LogP contribution in [0.15, 0.2) is 24.3 Å². The van der Waals surface area contributed by atoms with Crippen molar-refractivity contribution in [3.05, 3.63) is 43.3 Å². The maximum Gasteiger partial charge on any atom is 2.00 e. The molecule has 0 heterocycles. The fourth-order valence-corrected chi connectivity index (χ4v) is 0.570. The second kappa shape index (κ2) is 7.64. The summed E-state index contributed by atoms with van der Waals surface area (Å²) < 4.78 is 35.3. The van der Waals surface area contributed by atoms with Gasteiger partial charge in [0, 0.05) is 0 Å². The second-order valence-corrected chi connectivity index (χ2v) is 1.79. The van der Waals surface area contributed by atoms with Crippen LogP contribution in [0.4, 0.5) is 13.2 Å². The third-order valence-corrected chi connectivity index (χ3v) is 1.03. The Bertz CT molecular complexity index is 210. The van der Waals surface area contributed by atoms with Gasteiger partial charge in [0.1, 0.15) is 0 Å². The van der Waals surface area contributed by atoms with Crippen molar-refractivity contribution in [2.45, 2.75) is 6.18 Å². The Morgan fingerprint density at radius 1 is 1.23 bits per heavy atom. The molecule has 1 aromatic rings. The Kier molecular flexibility index (Phi) is 11.1. The molecule has 0 spiro atoms. The SMILES string of the molecule is Br.FC(F)(F)c1c[c-]ccc1.[CH3-].[Mg+2]. The summed E-state index contributed by atoms with van der Waals surface area (Å²) in [5.74, 6) is 0. The second-order valence-electron chi connectivity index (χ2n) is 1.79. The minimum Gasteiger partial charge on any atom is -0.358 e. The first-order chi connectivity index (χ1) is 4.61. The molecule has 13 heavy (non-hydrogen) atoms. The van der Waals surface area contributed by atoms with Gasteiger partial charge in [-0.05, 0) is 0 Å². The zero-order valence-corrected chi connectivity index (χ0v) is 10.2. The van der Waals surface area contributed by atoms with Crippen LogP contribution in [0, 0.1) is 13.5 Å². The zero-order valence-electron chi connectivity index (χ0n) is 7.06. The van der Waals surface area contributed by atoms with Crippen LogP contribution in [0.25, 0.3) is 0 Å². The quantitative estimate of drug-likeness (QED) is 0.499. The molecule has 1 rings (SSSR count). The number of alkyl halides is 3. The van der Waals surface area contributed by atoms with Gasteiger partial charge < -0.3 is 7.43 Å². The monoisotopic (exact) mass is 264 g/mol. The standard InChI is InChI=1S/C7H4F3.CH3.BrH.Mg/c8-7(9,10)6-4-2-1-3-5-6;;;/h1-2,4-5H;1H3;1H;/q2*-1;;+2. The molecular weight excluding hydrogens is 257 g/mol. The average Bonchev–Trinajstić information content (AvgIpc) is 1.88. The molecule has 0 bridgehead atoms. The van der Waals surface area contributed by atoms with E-state index in [0.717, 1.165) is 12.1 Å². The summed E-state index contributed by atoms with van der Waals surface area (Å²) in [6.07, 6.45) is -4.24. The Morgan fingerprint density at radius 2 is 1.77 bits per heavy atom. The van der Waals surface area contributed by atoms with Crippen molar-refractivity contribution in [3.8, 4) is 0 Å². The molecule has 0 saturated carbocycles. The smallest absolute Gasteiger partial charge is 0.358 e. The Hall–Kier alpha value is 0.256. The maximum atomic E-state index is 11.8. The summed E-state index contributed by atoms with van der Waals surface area (Å²) in [5.41, 5.74) is -0.657. The molecule has 0 saturated heterocycles. The number of benzene rings is 1. The van der Waals surface area contributed by atoms with Crippen LogP contribution in [0.5, 0.6) is 0 Å². The first-order valence-corrected chi connectivity index (χ1v) is 2.64. The van der Waals surface area contributed by atoms with Crippen molar-refractivity contribution in [1.82, 2.24) is 0 Å². The molecule has 1 aromatic carbocycles. The van der Waals surface area contributed by atoms with Gasteiger partial charge in [-0.25, -0.2) is 0 Å². The Balaban J connectivity index is -0.000000333. The van der Waals surface area contributed by atoms with Gasteiger partial charge in [0.25, 0.3) is 0 Å². The predicted octanol–water partition coefficient (Wildman–Crippen LogP) is 3.15. The van der Waals surface area contributed by atoms with Crippen LogP contribution < -0.4 is 0 Å². The summed E-state index contributed by atoms with van der Waals surface area (Å²) >= 11 is 0. The van der Waals surface area contributed by atoms with Crippen molar-refractivity contribution < 1.29 is 13.2 Å². The predicted molar refractivity (Wildman–Crippen MR) is 52.8 cm³/mol. The van der Waals surface area contributed by atoms with Gasteiger partial charge in [0.2, 0.25) is 0 Å². The van der Waals surface area contributed by atoms with E-state index in [1.807, 2.05) is 0 Å². The Morgan fingerprint density at radius 3 is 2.00 bits per heavy atom. The summed E-state index contributed by atoms with van der Waals surface area (Å²) in [7, 11) is 0. The van der Waals surface area contributed by atoms with E-state index in [4.69, 9.17) is 0 Å². The zero-order chi connectivity index (χ0) is 7.61. The number of rotatable bonds is 0. The van der Waals surface area contributed by atoms with E-state index in [1.54, 1.807) is 0 Å². The molecular formula is C8H8BrF3Mg. The molecule has 0 fully saturated rings. The van der Waals surface area contributed by atoms with E-state index in [0.29, 0.717) is 0 Å². The molecule has 0 aliphatic carbocycles. The first-order valence-electron chi connectivity index (χ1n) is 2.64. The van der Waals surface area contributed by atoms with Crippen molar-refractivity contribution in [2.75, 3.05) is 0 Å². The summed E-state index contributed by atoms with van der Waals surface area (Å²) in [4.78, 5) is 0. The normalized spacial score (nSPS) is 8.85. The third-order valence-electron chi connectivity index (χ3n) is 1.03. The van der Waals surface area contributed by atoms with Crippen molar-refractivity contribution in [3.63, 3.8) is 0 Å². The van der Waals surface area contributed by atoms with Gasteiger partial charge in [0.05, 0.1) is 0 Å². The molecule has 0 aliphatic rings. The van der Waals surface area contributed by atoms with Gasteiger partial charge in [-0.3, -0.25) is 0 Å². The topological polar surface area (TPSA) is 0 Å². The molecule has 0 aromatic heterocycles. The van der Waals surface area contributed by atoms with Gasteiger partial charge in [0.15, 0.2) is 0 Å². The fourth-order valence-electron chi connectivity index (χ4n) is 0.570. The maximum absolute atomic E-state index is 11.8. The molecule has 70 valence electrons. The van der Waals surface area contributed by atoms with Crippen LogP contribution in [0.2, 0.25) is 0 Å². The van der Waals surface area contributed by atoms with Gasteiger partial charge in [-0.2, -0.15) is 43.5 Å². The number of hydrogen-bond donors (Lipinski definition) is 0. The number of hydrogen-bond acceptors (Lipinski definition) is 0. The van der Waals surface area contributed by atoms with Gasteiger partial charge >= 0.3 is 29.2 Å². The van der Waals surface area contributed by atoms with E-state index < -0.39 is 11.7 Å². The van der Waals surface area contributed by atoms with Gasteiger partial charge in [-0.1, -0.05) is 5.56 Å². The summed E-state index contributed by atoms with van der Waals surface area (Å²) in [5, 5.41) is 0. The molecule has 0 amide bonds. The molecule has 5 heteroatoms.